The summed E-state index contributed by atoms with van der Waals surface area (Å²) in [6.07, 6.45) is 4.63. The first kappa shape index (κ1) is 12.9. The SMILES string of the molecule is N/C(=N\N=C(\N)c1ncccn1)c1cc(Cl)ccn1. The van der Waals surface area contributed by atoms with Gasteiger partial charge in [0.1, 0.15) is 5.69 Å². The number of halogens is 1. The van der Waals surface area contributed by atoms with Crippen LogP contribution in [0.15, 0.2) is 47.0 Å². The molecule has 2 aromatic heterocycles. The molecule has 0 aliphatic rings. The lowest BCUT2D eigenvalue weighted by molar-refractivity contribution is 1.10. The van der Waals surface area contributed by atoms with Crippen LogP contribution < -0.4 is 11.5 Å². The van der Waals surface area contributed by atoms with Crippen molar-refractivity contribution in [3.63, 3.8) is 0 Å². The van der Waals surface area contributed by atoms with E-state index >= 15 is 0 Å². The largest absolute Gasteiger partial charge is 0.380 e. The number of aromatic nitrogens is 3. The second-order valence-electron chi connectivity index (χ2n) is 3.40. The Balaban J connectivity index is 2.22. The molecule has 0 unspecified atom stereocenters. The van der Waals surface area contributed by atoms with Crippen LogP contribution in [0.3, 0.4) is 0 Å². The van der Waals surface area contributed by atoms with E-state index in [4.69, 9.17) is 23.1 Å². The van der Waals surface area contributed by atoms with Crippen molar-refractivity contribution in [2.24, 2.45) is 21.7 Å². The molecular formula is C11H10ClN7. The first-order valence-corrected chi connectivity index (χ1v) is 5.60. The molecule has 0 fully saturated rings. The molecule has 19 heavy (non-hydrogen) atoms. The van der Waals surface area contributed by atoms with Crippen molar-refractivity contribution in [3.8, 4) is 0 Å². The van der Waals surface area contributed by atoms with Gasteiger partial charge in [0.25, 0.3) is 0 Å². The van der Waals surface area contributed by atoms with E-state index in [1.165, 1.54) is 6.20 Å². The molecule has 0 aliphatic heterocycles. The Hall–Kier alpha value is -2.54. The summed E-state index contributed by atoms with van der Waals surface area (Å²) >= 11 is 5.82. The summed E-state index contributed by atoms with van der Waals surface area (Å²) in [5.74, 6) is 0.435. The number of rotatable bonds is 3. The summed E-state index contributed by atoms with van der Waals surface area (Å²) in [5, 5.41) is 8.02. The standard InChI is InChI=1S/C11H10ClN7/c12-7-2-5-15-8(6-7)9(13)18-19-10(14)11-16-3-1-4-17-11/h1-6H,(H2,13,18)(H2,14,19). The number of nitrogens with zero attached hydrogens (tertiary/aromatic N) is 5. The van der Waals surface area contributed by atoms with Gasteiger partial charge in [-0.25, -0.2) is 9.97 Å². The average Bonchev–Trinajstić information content (AvgIpc) is 2.45. The van der Waals surface area contributed by atoms with Crippen molar-refractivity contribution in [2.45, 2.75) is 0 Å². The van der Waals surface area contributed by atoms with Crippen LogP contribution in [0.1, 0.15) is 11.5 Å². The van der Waals surface area contributed by atoms with Gasteiger partial charge < -0.3 is 11.5 Å². The molecule has 0 radical (unpaired) electrons. The Bertz CT molecular complexity index is 624. The summed E-state index contributed by atoms with van der Waals surface area (Å²) in [6, 6.07) is 4.88. The van der Waals surface area contributed by atoms with Crippen molar-refractivity contribution in [2.75, 3.05) is 0 Å². The fourth-order valence-corrected chi connectivity index (χ4v) is 1.34. The summed E-state index contributed by atoms with van der Waals surface area (Å²) in [7, 11) is 0. The fraction of sp³-hybridized carbons (Fsp3) is 0. The first-order valence-electron chi connectivity index (χ1n) is 5.22. The second kappa shape index (κ2) is 5.87. The molecule has 96 valence electrons. The molecule has 4 N–H and O–H groups in total. The van der Waals surface area contributed by atoms with E-state index in [2.05, 4.69) is 25.2 Å². The lowest BCUT2D eigenvalue weighted by Gasteiger charge is -1.98. The molecule has 8 heteroatoms. The summed E-state index contributed by atoms with van der Waals surface area (Å²) in [6.45, 7) is 0. The minimum absolute atomic E-state index is 0.0607. The highest BCUT2D eigenvalue weighted by molar-refractivity contribution is 6.30. The third kappa shape index (κ3) is 3.46. The van der Waals surface area contributed by atoms with Crippen LogP contribution in [0, 0.1) is 0 Å². The minimum Gasteiger partial charge on any atom is -0.380 e. The summed E-state index contributed by atoms with van der Waals surface area (Å²) in [5.41, 5.74) is 11.8. The summed E-state index contributed by atoms with van der Waals surface area (Å²) < 4.78 is 0. The lowest BCUT2D eigenvalue weighted by Crippen LogP contribution is -2.18. The molecular weight excluding hydrogens is 266 g/mol. The monoisotopic (exact) mass is 275 g/mol. The maximum absolute atomic E-state index is 5.82. The van der Waals surface area contributed by atoms with Gasteiger partial charge in [-0.3, -0.25) is 4.98 Å². The van der Waals surface area contributed by atoms with Crippen LogP contribution in [-0.2, 0) is 0 Å². The minimum atomic E-state index is 0.0607. The van der Waals surface area contributed by atoms with Crippen LogP contribution >= 0.6 is 11.6 Å². The number of hydrogen-bond donors (Lipinski definition) is 2. The number of amidine groups is 2. The molecule has 0 aromatic carbocycles. The zero-order valence-electron chi connectivity index (χ0n) is 9.73. The molecule has 0 atom stereocenters. The topological polar surface area (TPSA) is 115 Å². The molecule has 2 aromatic rings. The van der Waals surface area contributed by atoms with Gasteiger partial charge in [0, 0.05) is 23.6 Å². The quantitative estimate of drug-likeness (QED) is 0.482. The van der Waals surface area contributed by atoms with Gasteiger partial charge in [0.2, 0.25) is 0 Å². The Morgan fingerprint density at radius 3 is 2.37 bits per heavy atom. The van der Waals surface area contributed by atoms with E-state index in [9.17, 15) is 0 Å². The fourth-order valence-electron chi connectivity index (χ4n) is 1.18. The van der Waals surface area contributed by atoms with E-state index in [1.807, 2.05) is 0 Å². The van der Waals surface area contributed by atoms with E-state index in [0.29, 0.717) is 10.7 Å². The van der Waals surface area contributed by atoms with Gasteiger partial charge >= 0.3 is 0 Å². The van der Waals surface area contributed by atoms with Crippen LogP contribution in [-0.4, -0.2) is 26.6 Å². The smallest absolute Gasteiger partial charge is 0.196 e. The Morgan fingerprint density at radius 2 is 1.68 bits per heavy atom. The molecule has 0 aliphatic carbocycles. The summed E-state index contributed by atoms with van der Waals surface area (Å²) in [4.78, 5) is 11.9. The number of nitrogens with two attached hydrogens (primary N) is 2. The maximum atomic E-state index is 5.82. The van der Waals surface area contributed by atoms with E-state index in [0.717, 1.165) is 0 Å². The highest BCUT2D eigenvalue weighted by Crippen LogP contribution is 2.07. The first-order chi connectivity index (χ1) is 9.16. The highest BCUT2D eigenvalue weighted by atomic mass is 35.5. The Morgan fingerprint density at radius 1 is 1.00 bits per heavy atom. The molecule has 0 amide bonds. The predicted octanol–water partition coefficient (Wildman–Crippen LogP) is 0.551. The van der Waals surface area contributed by atoms with E-state index in [-0.39, 0.29) is 17.5 Å². The highest BCUT2D eigenvalue weighted by Gasteiger charge is 2.02. The van der Waals surface area contributed by atoms with Gasteiger partial charge in [-0.15, -0.1) is 10.2 Å². The van der Waals surface area contributed by atoms with Gasteiger partial charge in [0.05, 0.1) is 0 Å². The molecule has 0 bridgehead atoms. The van der Waals surface area contributed by atoms with Gasteiger partial charge in [-0.05, 0) is 18.2 Å². The maximum Gasteiger partial charge on any atom is 0.196 e. The molecule has 2 heterocycles. The van der Waals surface area contributed by atoms with Crippen LogP contribution in [0.5, 0.6) is 0 Å². The molecule has 0 saturated carbocycles. The van der Waals surface area contributed by atoms with Crippen molar-refractivity contribution >= 4 is 23.3 Å². The Labute approximate surface area is 114 Å². The molecule has 7 nitrogen and oxygen atoms in total. The van der Waals surface area contributed by atoms with Gasteiger partial charge in [-0.1, -0.05) is 11.6 Å². The van der Waals surface area contributed by atoms with Crippen LogP contribution in [0.4, 0.5) is 0 Å². The van der Waals surface area contributed by atoms with Gasteiger partial charge in [-0.2, -0.15) is 0 Å². The number of hydrogen-bond acceptors (Lipinski definition) is 5. The predicted molar refractivity (Wildman–Crippen MR) is 72.7 cm³/mol. The molecule has 0 spiro atoms. The Kier molecular flexibility index (Phi) is 3.99. The average molecular weight is 276 g/mol. The van der Waals surface area contributed by atoms with Crippen molar-refractivity contribution < 1.29 is 0 Å². The van der Waals surface area contributed by atoms with Crippen molar-refractivity contribution in [1.29, 1.82) is 0 Å². The van der Waals surface area contributed by atoms with E-state index < -0.39 is 0 Å². The normalized spacial score (nSPS) is 12.5. The van der Waals surface area contributed by atoms with E-state index in [1.54, 1.807) is 30.6 Å². The zero-order chi connectivity index (χ0) is 13.7. The third-order valence-electron chi connectivity index (χ3n) is 2.04. The second-order valence-corrected chi connectivity index (χ2v) is 3.84. The van der Waals surface area contributed by atoms with Crippen molar-refractivity contribution in [3.05, 3.63) is 53.3 Å². The van der Waals surface area contributed by atoms with Crippen LogP contribution in [0.25, 0.3) is 0 Å². The number of pyridine rings is 1. The molecule has 0 saturated heterocycles. The van der Waals surface area contributed by atoms with Crippen LogP contribution in [0.2, 0.25) is 5.02 Å². The lowest BCUT2D eigenvalue weighted by atomic mass is 10.3. The van der Waals surface area contributed by atoms with Gasteiger partial charge in [0.15, 0.2) is 17.5 Å². The third-order valence-corrected chi connectivity index (χ3v) is 2.28. The molecule has 2 rings (SSSR count). The zero-order valence-corrected chi connectivity index (χ0v) is 10.5. The van der Waals surface area contributed by atoms with Crippen molar-refractivity contribution in [1.82, 2.24) is 15.0 Å².